The number of carbonyl (C=O) groups is 3. The highest BCUT2D eigenvalue weighted by atomic mass is 32.2. The molecule has 1 atom stereocenters. The highest BCUT2D eigenvalue weighted by Gasteiger charge is 2.34. The smallest absolute Gasteiger partial charge is 0.408 e. The molecule has 2 N–H and O–H groups in total. The number of hydrogen-bond acceptors (Lipinski definition) is 6. The van der Waals surface area contributed by atoms with Crippen LogP contribution in [0, 0.1) is 17.6 Å². The minimum Gasteiger partial charge on any atom is -0.444 e. The Morgan fingerprint density at radius 2 is 1.82 bits per heavy atom. The third-order valence-electron chi connectivity index (χ3n) is 6.39. The molecule has 0 aromatic heterocycles. The van der Waals surface area contributed by atoms with Crippen LogP contribution in [0.4, 0.5) is 19.3 Å². The number of carbonyl (C=O) groups excluding carboxylic acids is 3. The van der Waals surface area contributed by atoms with Gasteiger partial charge in [-0.15, -0.1) is 11.8 Å². The van der Waals surface area contributed by atoms with Crippen LogP contribution in [0.25, 0.3) is 0 Å². The fraction of sp³-hybridized carbons (Fsp3) is 0.464. The Morgan fingerprint density at radius 3 is 2.49 bits per heavy atom. The average Bonchev–Trinajstić information content (AvgIpc) is 2.99. The van der Waals surface area contributed by atoms with Crippen molar-refractivity contribution in [3.63, 3.8) is 0 Å². The van der Waals surface area contributed by atoms with Gasteiger partial charge in [-0.05, 0) is 69.4 Å². The molecule has 3 amide bonds. The highest BCUT2D eigenvalue weighted by molar-refractivity contribution is 7.99. The number of alkyl carbamates (subject to hydrolysis) is 1. The molecule has 0 saturated carbocycles. The number of hydrogen-bond donors (Lipinski definition) is 2. The number of amides is 3. The molecule has 0 bridgehead atoms. The molecule has 0 aliphatic carbocycles. The second-order valence-electron chi connectivity index (χ2n) is 10.6. The Hall–Kier alpha value is -3.18. The molecule has 1 saturated heterocycles. The number of rotatable bonds is 6. The van der Waals surface area contributed by atoms with Gasteiger partial charge in [-0.1, -0.05) is 12.1 Å². The Labute approximate surface area is 230 Å². The molecule has 0 radical (unpaired) electrons. The summed E-state index contributed by atoms with van der Waals surface area (Å²) in [5, 5.41) is 5.43. The van der Waals surface area contributed by atoms with Crippen molar-refractivity contribution < 1.29 is 32.6 Å². The lowest BCUT2D eigenvalue weighted by molar-refractivity contribution is -0.120. The third kappa shape index (κ3) is 7.69. The minimum absolute atomic E-state index is 0.0218. The Kier molecular flexibility index (Phi) is 9.12. The maximum absolute atomic E-state index is 15.2. The first-order chi connectivity index (χ1) is 18.5. The van der Waals surface area contributed by atoms with E-state index in [1.54, 1.807) is 32.9 Å². The average molecular weight is 562 g/mol. The Balaban J connectivity index is 1.62. The number of halogens is 2. The molecular weight excluding hydrogens is 528 g/mol. The number of nitrogens with one attached hydrogen (secondary N) is 2. The van der Waals surface area contributed by atoms with Crippen LogP contribution in [-0.4, -0.2) is 55.1 Å². The van der Waals surface area contributed by atoms with Crippen molar-refractivity contribution in [1.29, 1.82) is 0 Å². The van der Waals surface area contributed by atoms with Gasteiger partial charge in [0.15, 0.2) is 0 Å². The molecular formula is C28H33F2N3O5S. The van der Waals surface area contributed by atoms with Gasteiger partial charge < -0.3 is 25.0 Å². The maximum Gasteiger partial charge on any atom is 0.408 e. The Morgan fingerprint density at radius 1 is 1.13 bits per heavy atom. The monoisotopic (exact) mass is 561 g/mol. The van der Waals surface area contributed by atoms with Gasteiger partial charge in [0, 0.05) is 30.4 Å². The first kappa shape index (κ1) is 28.8. The van der Waals surface area contributed by atoms with Gasteiger partial charge >= 0.3 is 6.09 Å². The molecule has 210 valence electrons. The number of nitrogens with zero attached hydrogens (tertiary/aromatic N) is 1. The van der Waals surface area contributed by atoms with E-state index in [4.69, 9.17) is 9.47 Å². The van der Waals surface area contributed by atoms with Gasteiger partial charge in [0.1, 0.15) is 23.3 Å². The van der Waals surface area contributed by atoms with Crippen molar-refractivity contribution >= 4 is 35.4 Å². The van der Waals surface area contributed by atoms with Crippen LogP contribution in [-0.2, 0) is 20.8 Å². The van der Waals surface area contributed by atoms with Gasteiger partial charge in [-0.3, -0.25) is 9.59 Å². The van der Waals surface area contributed by atoms with Crippen molar-refractivity contribution in [3.05, 3.63) is 59.2 Å². The van der Waals surface area contributed by atoms with Gasteiger partial charge in [-0.25, -0.2) is 13.6 Å². The zero-order valence-electron chi connectivity index (χ0n) is 22.2. The molecule has 0 spiro atoms. The van der Waals surface area contributed by atoms with E-state index in [2.05, 4.69) is 10.6 Å². The number of ether oxygens (including phenoxy) is 2. The largest absolute Gasteiger partial charge is 0.444 e. The maximum atomic E-state index is 15.2. The van der Waals surface area contributed by atoms with Crippen LogP contribution in [0.3, 0.4) is 0 Å². The quantitative estimate of drug-likeness (QED) is 0.533. The standard InChI is InChI=1S/C28H33F2N3O5S/c1-28(2,3)38-27(36)32-22-16-39-24-13-21(30)20(25(34)31-14-17-8-10-37-11-9-17)12-23(24)33(26(22)35)15-18-4-6-19(29)7-5-18/h4-7,12-13,17,22H,8-11,14-16H2,1-3H3,(H,31,34)(H,32,36)/t22-/m0/s1. The molecule has 0 unspecified atom stereocenters. The van der Waals surface area contributed by atoms with Crippen molar-refractivity contribution in [2.45, 2.75) is 56.7 Å². The lowest BCUT2D eigenvalue weighted by Gasteiger charge is -2.27. The van der Waals surface area contributed by atoms with Gasteiger partial charge in [-0.2, -0.15) is 0 Å². The summed E-state index contributed by atoms with van der Waals surface area (Å²) in [5.74, 6) is -1.80. The number of fused-ring (bicyclic) bond motifs is 1. The van der Waals surface area contributed by atoms with Crippen LogP contribution in [0.5, 0.6) is 0 Å². The molecule has 2 aromatic rings. The summed E-state index contributed by atoms with van der Waals surface area (Å²) in [4.78, 5) is 41.1. The molecule has 8 nitrogen and oxygen atoms in total. The summed E-state index contributed by atoms with van der Waals surface area (Å²) in [6.45, 7) is 6.81. The molecule has 39 heavy (non-hydrogen) atoms. The lowest BCUT2D eigenvalue weighted by Crippen LogP contribution is -2.50. The summed E-state index contributed by atoms with van der Waals surface area (Å²) in [6, 6.07) is 7.28. The summed E-state index contributed by atoms with van der Waals surface area (Å²) in [6.07, 6.45) is 0.874. The van der Waals surface area contributed by atoms with Gasteiger partial charge in [0.2, 0.25) is 0 Å². The first-order valence-corrected chi connectivity index (χ1v) is 13.9. The third-order valence-corrected chi connectivity index (χ3v) is 7.53. The molecule has 2 aromatic carbocycles. The van der Waals surface area contributed by atoms with E-state index in [1.165, 1.54) is 40.9 Å². The van der Waals surface area contributed by atoms with Crippen LogP contribution in [0.15, 0.2) is 41.3 Å². The second kappa shape index (κ2) is 12.3. The molecule has 2 aliphatic heterocycles. The molecule has 11 heteroatoms. The predicted molar refractivity (Wildman–Crippen MR) is 144 cm³/mol. The fourth-order valence-corrected chi connectivity index (χ4v) is 5.44. The van der Waals surface area contributed by atoms with Crippen molar-refractivity contribution in [2.24, 2.45) is 5.92 Å². The lowest BCUT2D eigenvalue weighted by atomic mass is 10.0. The van der Waals surface area contributed by atoms with E-state index in [0.717, 1.165) is 12.8 Å². The van der Waals surface area contributed by atoms with Crippen molar-refractivity contribution in [3.8, 4) is 0 Å². The van der Waals surface area contributed by atoms with Crippen LogP contribution >= 0.6 is 11.8 Å². The van der Waals surface area contributed by atoms with Crippen molar-refractivity contribution in [2.75, 3.05) is 30.4 Å². The number of benzene rings is 2. The van der Waals surface area contributed by atoms with Crippen LogP contribution in [0.2, 0.25) is 0 Å². The number of thioether (sulfide) groups is 1. The summed E-state index contributed by atoms with van der Waals surface area (Å²) in [5.41, 5.74) is 0.00316. The van der Waals surface area contributed by atoms with E-state index in [0.29, 0.717) is 35.9 Å². The second-order valence-corrected chi connectivity index (χ2v) is 11.7. The van der Waals surface area contributed by atoms with E-state index in [9.17, 15) is 18.8 Å². The van der Waals surface area contributed by atoms with Gasteiger partial charge in [0.05, 0.1) is 17.8 Å². The van der Waals surface area contributed by atoms with Crippen LogP contribution < -0.4 is 15.5 Å². The minimum atomic E-state index is -0.980. The van der Waals surface area contributed by atoms with E-state index in [1.807, 2.05) is 0 Å². The zero-order chi connectivity index (χ0) is 28.2. The zero-order valence-corrected chi connectivity index (χ0v) is 23.0. The number of anilines is 1. The predicted octanol–water partition coefficient (Wildman–Crippen LogP) is 4.65. The first-order valence-electron chi connectivity index (χ1n) is 12.9. The topological polar surface area (TPSA) is 97.0 Å². The molecule has 2 heterocycles. The van der Waals surface area contributed by atoms with E-state index in [-0.39, 0.29) is 23.8 Å². The molecule has 2 aliphatic rings. The van der Waals surface area contributed by atoms with Crippen LogP contribution in [0.1, 0.15) is 49.5 Å². The van der Waals surface area contributed by atoms with E-state index < -0.39 is 41.2 Å². The normalized spacial score (nSPS) is 18.2. The summed E-state index contributed by atoms with van der Waals surface area (Å²) < 4.78 is 39.4. The van der Waals surface area contributed by atoms with Gasteiger partial charge in [0.25, 0.3) is 11.8 Å². The molecule has 1 fully saturated rings. The van der Waals surface area contributed by atoms with Crippen molar-refractivity contribution in [1.82, 2.24) is 10.6 Å². The molecule has 4 rings (SSSR count). The Bertz CT molecular complexity index is 1210. The highest BCUT2D eigenvalue weighted by Crippen LogP contribution is 2.37. The van der Waals surface area contributed by atoms with E-state index >= 15 is 4.39 Å². The summed E-state index contributed by atoms with van der Waals surface area (Å²) >= 11 is 1.19. The SMILES string of the molecule is CC(C)(C)OC(=O)N[C@H]1CSc2cc(F)c(C(=O)NCC3CCOCC3)cc2N(Cc2ccc(F)cc2)C1=O. The fourth-order valence-electron chi connectivity index (χ4n) is 4.37. The summed E-state index contributed by atoms with van der Waals surface area (Å²) in [7, 11) is 0.